The molecule has 126 valence electrons. The van der Waals surface area contributed by atoms with Gasteiger partial charge in [0.15, 0.2) is 0 Å². The molecular weight excluding hydrogens is 336 g/mol. The van der Waals surface area contributed by atoms with Crippen molar-refractivity contribution < 1.29 is 9.53 Å². The molecule has 3 aromatic rings. The Morgan fingerprint density at radius 2 is 1.56 bits per heavy atom. The van der Waals surface area contributed by atoms with E-state index in [1.165, 1.54) is 0 Å². The van der Waals surface area contributed by atoms with E-state index in [9.17, 15) is 4.79 Å². The number of benzene rings is 3. The lowest BCUT2D eigenvalue weighted by Gasteiger charge is -2.09. The molecule has 25 heavy (non-hydrogen) atoms. The zero-order chi connectivity index (χ0) is 17.6. The second-order valence-corrected chi connectivity index (χ2v) is 5.83. The standard InChI is InChI=1S/C20H17ClN2O2/c1-25-19-11-5-14(6-12-19)20(24)23-17-9-7-16(8-10-17)22-18-4-2-3-15(21)13-18/h2-13,22H,1H3,(H,23,24). The summed E-state index contributed by atoms with van der Waals surface area (Å²) in [5.41, 5.74) is 3.10. The molecule has 1 amide bonds. The van der Waals surface area contributed by atoms with Crippen molar-refractivity contribution in [3.8, 4) is 5.75 Å². The Labute approximate surface area is 151 Å². The van der Waals surface area contributed by atoms with Crippen molar-refractivity contribution in [3.63, 3.8) is 0 Å². The minimum atomic E-state index is -0.168. The van der Waals surface area contributed by atoms with Gasteiger partial charge < -0.3 is 15.4 Å². The van der Waals surface area contributed by atoms with Crippen molar-refractivity contribution in [2.45, 2.75) is 0 Å². The first-order valence-electron chi connectivity index (χ1n) is 7.72. The van der Waals surface area contributed by atoms with Crippen LogP contribution in [0.15, 0.2) is 72.8 Å². The largest absolute Gasteiger partial charge is 0.497 e. The summed E-state index contributed by atoms with van der Waals surface area (Å²) in [6.45, 7) is 0. The van der Waals surface area contributed by atoms with Crippen molar-refractivity contribution >= 4 is 34.6 Å². The minimum Gasteiger partial charge on any atom is -0.497 e. The van der Waals surface area contributed by atoms with E-state index in [1.807, 2.05) is 48.5 Å². The first-order valence-corrected chi connectivity index (χ1v) is 8.10. The molecule has 4 nitrogen and oxygen atoms in total. The minimum absolute atomic E-state index is 0.168. The van der Waals surface area contributed by atoms with Gasteiger partial charge in [-0.2, -0.15) is 0 Å². The number of methoxy groups -OCH3 is 1. The number of hydrogen-bond donors (Lipinski definition) is 2. The molecule has 0 aliphatic carbocycles. The molecule has 0 unspecified atom stereocenters. The monoisotopic (exact) mass is 352 g/mol. The highest BCUT2D eigenvalue weighted by Gasteiger charge is 2.06. The number of hydrogen-bond acceptors (Lipinski definition) is 3. The van der Waals surface area contributed by atoms with Crippen LogP contribution in [0.5, 0.6) is 5.75 Å². The molecule has 0 aliphatic rings. The highest BCUT2D eigenvalue weighted by molar-refractivity contribution is 6.30. The van der Waals surface area contributed by atoms with Crippen molar-refractivity contribution in [1.29, 1.82) is 0 Å². The summed E-state index contributed by atoms with van der Waals surface area (Å²) in [6.07, 6.45) is 0. The lowest BCUT2D eigenvalue weighted by atomic mass is 10.2. The van der Waals surface area contributed by atoms with Gasteiger partial charge in [-0.25, -0.2) is 0 Å². The Bertz CT molecular complexity index is 862. The maximum absolute atomic E-state index is 12.2. The van der Waals surface area contributed by atoms with Crippen LogP contribution in [0.25, 0.3) is 0 Å². The topological polar surface area (TPSA) is 50.4 Å². The molecule has 0 bridgehead atoms. The predicted molar refractivity (Wildman–Crippen MR) is 102 cm³/mol. The third-order valence-electron chi connectivity index (χ3n) is 3.61. The van der Waals surface area contributed by atoms with E-state index in [4.69, 9.17) is 16.3 Å². The molecule has 0 fully saturated rings. The molecule has 3 rings (SSSR count). The molecule has 0 saturated carbocycles. The Hall–Kier alpha value is -2.98. The zero-order valence-electron chi connectivity index (χ0n) is 13.6. The maximum Gasteiger partial charge on any atom is 0.255 e. The number of anilines is 3. The summed E-state index contributed by atoms with van der Waals surface area (Å²) < 4.78 is 5.09. The molecule has 0 radical (unpaired) electrons. The number of rotatable bonds is 5. The van der Waals surface area contributed by atoms with Gasteiger partial charge in [0.05, 0.1) is 7.11 Å². The Kier molecular flexibility index (Phi) is 5.21. The summed E-state index contributed by atoms with van der Waals surface area (Å²) in [5, 5.41) is 6.80. The molecule has 3 aromatic carbocycles. The number of carbonyl (C=O) groups is 1. The quantitative estimate of drug-likeness (QED) is 0.651. The van der Waals surface area contributed by atoms with Gasteiger partial charge >= 0.3 is 0 Å². The summed E-state index contributed by atoms with van der Waals surface area (Å²) in [5.74, 6) is 0.547. The van der Waals surface area contributed by atoms with Crippen LogP contribution in [0.4, 0.5) is 17.1 Å². The van der Waals surface area contributed by atoms with E-state index < -0.39 is 0 Å². The lowest BCUT2D eigenvalue weighted by molar-refractivity contribution is 0.102. The first kappa shape index (κ1) is 16.9. The van der Waals surface area contributed by atoms with Crippen LogP contribution >= 0.6 is 11.6 Å². The smallest absolute Gasteiger partial charge is 0.255 e. The second-order valence-electron chi connectivity index (χ2n) is 5.40. The highest BCUT2D eigenvalue weighted by atomic mass is 35.5. The van der Waals surface area contributed by atoms with Gasteiger partial charge in [-0.3, -0.25) is 4.79 Å². The molecule has 0 heterocycles. The molecule has 0 atom stereocenters. The van der Waals surface area contributed by atoms with E-state index >= 15 is 0 Å². The summed E-state index contributed by atoms with van der Waals surface area (Å²) in [4.78, 5) is 12.2. The number of carbonyl (C=O) groups excluding carboxylic acids is 1. The molecular formula is C20H17ClN2O2. The van der Waals surface area contributed by atoms with E-state index in [0.717, 1.165) is 17.1 Å². The fourth-order valence-corrected chi connectivity index (χ4v) is 2.51. The van der Waals surface area contributed by atoms with Crippen LogP contribution in [0.3, 0.4) is 0 Å². The second kappa shape index (κ2) is 7.73. The first-order chi connectivity index (χ1) is 12.1. The Balaban J connectivity index is 1.64. The van der Waals surface area contributed by atoms with Gasteiger partial charge in [-0.05, 0) is 66.7 Å². The number of halogens is 1. The average Bonchev–Trinajstić information content (AvgIpc) is 2.63. The van der Waals surface area contributed by atoms with Gasteiger partial charge in [0, 0.05) is 27.6 Å². The third kappa shape index (κ3) is 4.52. The molecule has 0 aromatic heterocycles. The van der Waals surface area contributed by atoms with E-state index in [2.05, 4.69) is 10.6 Å². The summed E-state index contributed by atoms with van der Waals surface area (Å²) >= 11 is 5.98. The summed E-state index contributed by atoms with van der Waals surface area (Å²) in [7, 11) is 1.59. The molecule has 0 spiro atoms. The number of nitrogens with one attached hydrogen (secondary N) is 2. The van der Waals surface area contributed by atoms with Crippen molar-refractivity contribution in [1.82, 2.24) is 0 Å². The van der Waals surface area contributed by atoms with Gasteiger partial charge in [0.25, 0.3) is 5.91 Å². The van der Waals surface area contributed by atoms with Crippen LogP contribution < -0.4 is 15.4 Å². The maximum atomic E-state index is 12.2. The van der Waals surface area contributed by atoms with Crippen LogP contribution in [-0.2, 0) is 0 Å². The van der Waals surface area contributed by atoms with Crippen LogP contribution in [0, 0.1) is 0 Å². The molecule has 2 N–H and O–H groups in total. The number of ether oxygens (including phenoxy) is 1. The van der Waals surface area contributed by atoms with E-state index in [1.54, 1.807) is 31.4 Å². The van der Waals surface area contributed by atoms with Gasteiger partial charge in [-0.15, -0.1) is 0 Å². The lowest BCUT2D eigenvalue weighted by Crippen LogP contribution is -2.11. The van der Waals surface area contributed by atoms with Crippen LogP contribution in [0.1, 0.15) is 10.4 Å². The van der Waals surface area contributed by atoms with Crippen molar-refractivity contribution in [2.24, 2.45) is 0 Å². The SMILES string of the molecule is COc1ccc(C(=O)Nc2ccc(Nc3cccc(Cl)c3)cc2)cc1. The molecule has 0 aliphatic heterocycles. The number of amides is 1. The molecule has 0 saturated heterocycles. The predicted octanol–water partition coefficient (Wildman–Crippen LogP) is 5.34. The normalized spacial score (nSPS) is 10.2. The Morgan fingerprint density at radius 1 is 0.880 bits per heavy atom. The van der Waals surface area contributed by atoms with Gasteiger partial charge in [0.2, 0.25) is 0 Å². The zero-order valence-corrected chi connectivity index (χ0v) is 14.4. The fraction of sp³-hybridized carbons (Fsp3) is 0.0500. The van der Waals surface area contributed by atoms with E-state index in [-0.39, 0.29) is 5.91 Å². The van der Waals surface area contributed by atoms with E-state index in [0.29, 0.717) is 16.3 Å². The fourth-order valence-electron chi connectivity index (χ4n) is 2.32. The molecule has 5 heteroatoms. The van der Waals surface area contributed by atoms with Gasteiger partial charge in [-0.1, -0.05) is 17.7 Å². The average molecular weight is 353 g/mol. The summed E-state index contributed by atoms with van der Waals surface area (Å²) in [6, 6.07) is 21.9. The van der Waals surface area contributed by atoms with Gasteiger partial charge in [0.1, 0.15) is 5.75 Å². The van der Waals surface area contributed by atoms with Crippen LogP contribution in [0.2, 0.25) is 5.02 Å². The van der Waals surface area contributed by atoms with Crippen molar-refractivity contribution in [3.05, 3.63) is 83.4 Å². The highest BCUT2D eigenvalue weighted by Crippen LogP contribution is 2.22. The van der Waals surface area contributed by atoms with Crippen molar-refractivity contribution in [2.75, 3.05) is 17.7 Å². The Morgan fingerprint density at radius 3 is 2.20 bits per heavy atom. The third-order valence-corrected chi connectivity index (χ3v) is 3.84. The van der Waals surface area contributed by atoms with Crippen LogP contribution in [-0.4, -0.2) is 13.0 Å².